The van der Waals surface area contributed by atoms with E-state index in [4.69, 9.17) is 0 Å². The number of likely N-dealkylation sites (tertiary alicyclic amines) is 1. The number of amides is 2. The molecule has 210 valence electrons. The van der Waals surface area contributed by atoms with Crippen molar-refractivity contribution in [3.63, 3.8) is 0 Å². The number of aryl methyl sites for hydroxylation is 1. The quantitative estimate of drug-likeness (QED) is 0.449. The summed E-state index contributed by atoms with van der Waals surface area (Å²) >= 11 is 0. The van der Waals surface area contributed by atoms with Gasteiger partial charge in [0.15, 0.2) is 0 Å². The summed E-state index contributed by atoms with van der Waals surface area (Å²) in [6.45, 7) is 4.88. The highest BCUT2D eigenvalue weighted by molar-refractivity contribution is 5.98. The maximum Gasteiger partial charge on any atom is 0.493 e. The number of rotatable bonds is 5. The van der Waals surface area contributed by atoms with Crippen LogP contribution in [0.5, 0.6) is 0 Å². The Morgan fingerprint density at radius 2 is 1.67 bits per heavy atom. The fourth-order valence-corrected chi connectivity index (χ4v) is 5.68. The molecule has 10 heteroatoms. The summed E-state index contributed by atoms with van der Waals surface area (Å²) in [6, 6.07) is 8.97. The first-order valence-corrected chi connectivity index (χ1v) is 13.4. The van der Waals surface area contributed by atoms with Gasteiger partial charge in [0.1, 0.15) is 6.54 Å². The maximum absolute atomic E-state index is 13.1. The molecular formula is C29H34F3N3O4. The zero-order valence-electron chi connectivity index (χ0n) is 22.2. The number of halogens is 3. The minimum atomic E-state index is -5.28. The smallest absolute Gasteiger partial charge is 0.339 e. The van der Waals surface area contributed by atoms with E-state index in [1.54, 1.807) is 19.1 Å². The van der Waals surface area contributed by atoms with Gasteiger partial charge in [-0.05, 0) is 79.8 Å². The van der Waals surface area contributed by atoms with Crippen LogP contribution < -0.4 is 0 Å². The van der Waals surface area contributed by atoms with Crippen molar-refractivity contribution in [2.45, 2.75) is 65.1 Å². The van der Waals surface area contributed by atoms with E-state index in [0.717, 1.165) is 24.7 Å². The summed E-state index contributed by atoms with van der Waals surface area (Å²) in [4.78, 5) is 48.0. The molecule has 0 radical (unpaired) electrons. The number of hydroxylamine groups is 2. The second-order valence-electron chi connectivity index (χ2n) is 10.7. The van der Waals surface area contributed by atoms with E-state index in [1.165, 1.54) is 56.1 Å². The largest absolute Gasteiger partial charge is 0.493 e. The molecule has 1 saturated heterocycles. The van der Waals surface area contributed by atoms with Crippen molar-refractivity contribution in [3.05, 3.63) is 65.0 Å². The molecule has 2 fully saturated rings. The molecule has 0 bridgehead atoms. The third-order valence-electron chi connectivity index (χ3n) is 7.91. The Balaban J connectivity index is 1.41. The number of carbonyl (C=O) groups excluding carboxylic acids is 3. The van der Waals surface area contributed by atoms with Crippen molar-refractivity contribution in [3.8, 4) is 0 Å². The Kier molecular flexibility index (Phi) is 8.92. The van der Waals surface area contributed by atoms with Crippen LogP contribution in [-0.4, -0.2) is 52.0 Å². The second-order valence-corrected chi connectivity index (χ2v) is 10.7. The van der Waals surface area contributed by atoms with Crippen molar-refractivity contribution in [1.82, 2.24) is 14.9 Å². The first kappa shape index (κ1) is 28.6. The monoisotopic (exact) mass is 545 g/mol. The average Bonchev–Trinajstić information content (AvgIpc) is 2.92. The normalized spacial score (nSPS) is 20.4. The van der Waals surface area contributed by atoms with Gasteiger partial charge in [-0.2, -0.15) is 18.2 Å². The molecule has 1 aromatic carbocycles. The molecule has 2 aromatic rings. The molecular weight excluding hydrogens is 511 g/mol. The van der Waals surface area contributed by atoms with Gasteiger partial charge >= 0.3 is 12.1 Å². The van der Waals surface area contributed by atoms with Crippen LogP contribution in [0.4, 0.5) is 13.2 Å². The zero-order chi connectivity index (χ0) is 28.2. The summed E-state index contributed by atoms with van der Waals surface area (Å²) in [5, 5.41) is 0.346. The molecule has 2 aliphatic rings. The third kappa shape index (κ3) is 7.16. The highest BCUT2D eigenvalue weighted by Gasteiger charge is 2.43. The number of piperidine rings is 1. The number of nitrogens with zero attached hydrogens (tertiary/aromatic N) is 3. The van der Waals surface area contributed by atoms with Gasteiger partial charge in [-0.15, -0.1) is 0 Å². The Morgan fingerprint density at radius 3 is 2.28 bits per heavy atom. The van der Waals surface area contributed by atoms with E-state index in [2.05, 4.69) is 16.7 Å². The summed E-state index contributed by atoms with van der Waals surface area (Å²) in [7, 11) is 0. The van der Waals surface area contributed by atoms with Crippen LogP contribution in [0.15, 0.2) is 42.6 Å². The van der Waals surface area contributed by atoms with Crippen molar-refractivity contribution in [2.75, 3.05) is 13.1 Å². The summed E-state index contributed by atoms with van der Waals surface area (Å²) in [5.74, 6) is -1.47. The van der Waals surface area contributed by atoms with E-state index in [9.17, 15) is 27.6 Å². The second kappa shape index (κ2) is 12.2. The van der Waals surface area contributed by atoms with Crippen molar-refractivity contribution < 1.29 is 32.4 Å². The summed E-state index contributed by atoms with van der Waals surface area (Å²) in [6.07, 6.45) is 3.23. The minimum absolute atomic E-state index is 0.0276. The molecule has 0 N–H and O–H groups in total. The van der Waals surface area contributed by atoms with E-state index in [-0.39, 0.29) is 17.2 Å². The van der Waals surface area contributed by atoms with Crippen LogP contribution in [0.3, 0.4) is 0 Å². The highest BCUT2D eigenvalue weighted by Crippen LogP contribution is 2.38. The SMILES string of the molecule is Cc1cccnc1CN(OC(=O)C(F)(F)F)C(=O)c1ccc(C(=O)N2CCC(C3CCCC(C)C3)CC2)cc1. The number of hydrogen-bond acceptors (Lipinski definition) is 5. The molecule has 1 aromatic heterocycles. The Hall–Kier alpha value is -3.43. The van der Waals surface area contributed by atoms with Gasteiger partial charge < -0.3 is 9.74 Å². The lowest BCUT2D eigenvalue weighted by molar-refractivity contribution is -0.230. The van der Waals surface area contributed by atoms with Crippen LogP contribution in [0.2, 0.25) is 0 Å². The Labute approximate surface area is 226 Å². The van der Waals surface area contributed by atoms with Gasteiger partial charge in [-0.1, -0.05) is 32.3 Å². The van der Waals surface area contributed by atoms with E-state index < -0.39 is 24.6 Å². The topological polar surface area (TPSA) is 79.8 Å². The molecule has 2 atom stereocenters. The lowest BCUT2D eigenvalue weighted by Gasteiger charge is -2.39. The molecule has 4 rings (SSSR count). The van der Waals surface area contributed by atoms with E-state index >= 15 is 0 Å². The standard InChI is InChI=1S/C29H34F3N3O4/c1-19-5-3-7-24(17-19)21-12-15-34(16-13-21)26(36)22-8-10-23(11-9-22)27(37)35(39-28(38)29(30,31)32)18-25-20(2)6-4-14-33-25/h4,6,8-11,14,19,21,24H,3,5,7,12-13,15-18H2,1-2H3. The highest BCUT2D eigenvalue weighted by atomic mass is 19.4. The zero-order valence-corrected chi connectivity index (χ0v) is 22.2. The lowest BCUT2D eigenvalue weighted by Crippen LogP contribution is -2.40. The van der Waals surface area contributed by atoms with Crippen LogP contribution in [-0.2, 0) is 16.2 Å². The van der Waals surface area contributed by atoms with Crippen molar-refractivity contribution in [2.24, 2.45) is 17.8 Å². The predicted molar refractivity (Wildman–Crippen MR) is 137 cm³/mol. The molecule has 39 heavy (non-hydrogen) atoms. The van der Waals surface area contributed by atoms with Crippen molar-refractivity contribution >= 4 is 17.8 Å². The molecule has 2 amide bonds. The number of alkyl halides is 3. The lowest BCUT2D eigenvalue weighted by atomic mass is 9.72. The van der Waals surface area contributed by atoms with Gasteiger partial charge in [0, 0.05) is 30.4 Å². The first-order chi connectivity index (χ1) is 18.5. The fraction of sp³-hybridized carbons (Fsp3) is 0.517. The molecule has 1 aliphatic carbocycles. The van der Waals surface area contributed by atoms with Crippen LogP contribution in [0.1, 0.15) is 77.4 Å². The van der Waals surface area contributed by atoms with Gasteiger partial charge in [-0.25, -0.2) is 4.79 Å². The number of aromatic nitrogens is 1. The number of hydrogen-bond donors (Lipinski definition) is 0. The van der Waals surface area contributed by atoms with Crippen LogP contribution >= 0.6 is 0 Å². The third-order valence-corrected chi connectivity index (χ3v) is 7.91. The number of carbonyl (C=O) groups is 3. The van der Waals surface area contributed by atoms with Gasteiger partial charge in [0.25, 0.3) is 11.8 Å². The van der Waals surface area contributed by atoms with Gasteiger partial charge in [-0.3, -0.25) is 14.6 Å². The molecule has 1 saturated carbocycles. The molecule has 0 spiro atoms. The van der Waals surface area contributed by atoms with Gasteiger partial charge in [0.05, 0.1) is 5.69 Å². The number of pyridine rings is 1. The Bertz CT molecular complexity index is 1180. The molecule has 1 aliphatic heterocycles. The van der Waals surface area contributed by atoms with Crippen molar-refractivity contribution in [1.29, 1.82) is 0 Å². The minimum Gasteiger partial charge on any atom is -0.339 e. The van der Waals surface area contributed by atoms with Gasteiger partial charge in [0.2, 0.25) is 0 Å². The summed E-state index contributed by atoms with van der Waals surface area (Å²) in [5.41, 5.74) is 1.25. The fourth-order valence-electron chi connectivity index (χ4n) is 5.68. The average molecular weight is 546 g/mol. The van der Waals surface area contributed by atoms with E-state index in [1.807, 2.05) is 4.90 Å². The maximum atomic E-state index is 13.1. The summed E-state index contributed by atoms with van der Waals surface area (Å²) < 4.78 is 38.7. The van der Waals surface area contributed by atoms with Crippen LogP contribution in [0.25, 0.3) is 0 Å². The molecule has 2 heterocycles. The van der Waals surface area contributed by atoms with Crippen LogP contribution in [0, 0.1) is 24.7 Å². The predicted octanol–water partition coefficient (Wildman–Crippen LogP) is 5.73. The first-order valence-electron chi connectivity index (χ1n) is 13.4. The molecule has 7 nitrogen and oxygen atoms in total. The molecule has 2 unspecified atom stereocenters. The van der Waals surface area contributed by atoms with E-state index in [0.29, 0.717) is 35.2 Å². The Morgan fingerprint density at radius 1 is 1.00 bits per heavy atom. The number of benzene rings is 1.